The van der Waals surface area contributed by atoms with Gasteiger partial charge in [-0.2, -0.15) is 5.26 Å². The van der Waals surface area contributed by atoms with E-state index in [2.05, 4.69) is 16.0 Å². The van der Waals surface area contributed by atoms with Gasteiger partial charge in [0.05, 0.1) is 28.2 Å². The van der Waals surface area contributed by atoms with Gasteiger partial charge in [0, 0.05) is 38.9 Å². The molecule has 9 heteroatoms. The molecule has 1 aromatic heterocycles. The van der Waals surface area contributed by atoms with Gasteiger partial charge in [0.1, 0.15) is 17.5 Å². The van der Waals surface area contributed by atoms with Crippen LogP contribution in [-0.2, 0) is 4.74 Å². The molecule has 0 N–H and O–H groups in total. The van der Waals surface area contributed by atoms with Crippen LogP contribution in [0.4, 0.5) is 10.6 Å². The number of rotatable bonds is 3. The number of hydrogen-bond donors (Lipinski definition) is 0. The van der Waals surface area contributed by atoms with E-state index >= 15 is 0 Å². The minimum Gasteiger partial charge on any atom is -0.444 e. The van der Waals surface area contributed by atoms with Gasteiger partial charge in [0.25, 0.3) is 5.91 Å². The lowest BCUT2D eigenvalue weighted by molar-refractivity contribution is 0.0214. The minimum atomic E-state index is -0.537. The molecule has 3 heterocycles. The van der Waals surface area contributed by atoms with Gasteiger partial charge in [0.15, 0.2) is 0 Å². The standard InChI is InChI=1S/C25H28ClN5O3/c1-25(2,3)34-24(33)31-14-18-10-19(31)13-30(18)22-16(11-27)8-17(12-28-22)15-6-7-20(21(26)9-15)23(32)29(4)5/h6-9,12,18-19H,10,13-14H2,1-5H3. The first kappa shape index (κ1) is 23.8. The highest BCUT2D eigenvalue weighted by atomic mass is 35.5. The first-order valence-corrected chi connectivity index (χ1v) is 11.5. The number of anilines is 1. The molecule has 2 unspecified atom stereocenters. The summed E-state index contributed by atoms with van der Waals surface area (Å²) in [7, 11) is 3.35. The number of nitrogens with zero attached hydrogens (tertiary/aromatic N) is 5. The summed E-state index contributed by atoms with van der Waals surface area (Å²) >= 11 is 6.37. The summed E-state index contributed by atoms with van der Waals surface area (Å²) in [6.07, 6.45) is 2.24. The number of nitriles is 1. The lowest BCUT2D eigenvalue weighted by atomic mass is 10.0. The van der Waals surface area contributed by atoms with Crippen molar-refractivity contribution >= 4 is 29.4 Å². The second-order valence-corrected chi connectivity index (χ2v) is 10.3. The van der Waals surface area contributed by atoms with Gasteiger partial charge in [0.2, 0.25) is 0 Å². The summed E-state index contributed by atoms with van der Waals surface area (Å²) in [4.78, 5) is 34.8. The third kappa shape index (κ3) is 4.53. The van der Waals surface area contributed by atoms with Crippen LogP contribution in [0.2, 0.25) is 5.02 Å². The molecule has 0 saturated carbocycles. The zero-order chi connectivity index (χ0) is 24.8. The maximum absolute atomic E-state index is 12.5. The minimum absolute atomic E-state index is 0.0356. The molecule has 34 heavy (non-hydrogen) atoms. The summed E-state index contributed by atoms with van der Waals surface area (Å²) in [5, 5.41) is 10.2. The summed E-state index contributed by atoms with van der Waals surface area (Å²) in [6, 6.07) is 9.38. The first-order valence-electron chi connectivity index (χ1n) is 11.2. The molecule has 0 spiro atoms. The number of fused-ring (bicyclic) bond motifs is 2. The number of likely N-dealkylation sites (tertiary alicyclic amines) is 1. The quantitative estimate of drug-likeness (QED) is 0.653. The van der Waals surface area contributed by atoms with Crippen molar-refractivity contribution in [1.29, 1.82) is 5.26 Å². The van der Waals surface area contributed by atoms with Crippen molar-refractivity contribution < 1.29 is 14.3 Å². The van der Waals surface area contributed by atoms with Crippen LogP contribution < -0.4 is 4.90 Å². The van der Waals surface area contributed by atoms with E-state index in [0.29, 0.717) is 35.1 Å². The molecular formula is C25H28ClN5O3. The summed E-state index contributed by atoms with van der Waals surface area (Å²) in [5.74, 6) is 0.445. The van der Waals surface area contributed by atoms with E-state index in [4.69, 9.17) is 16.3 Å². The molecule has 0 aliphatic carbocycles. The monoisotopic (exact) mass is 481 g/mol. The van der Waals surface area contributed by atoms with Crippen molar-refractivity contribution in [2.45, 2.75) is 44.9 Å². The number of pyridine rings is 1. The van der Waals surface area contributed by atoms with Crippen LogP contribution in [0.15, 0.2) is 30.5 Å². The van der Waals surface area contributed by atoms with Gasteiger partial charge in [-0.1, -0.05) is 17.7 Å². The zero-order valence-electron chi connectivity index (χ0n) is 20.0. The third-order valence-corrected chi connectivity index (χ3v) is 6.38. The van der Waals surface area contributed by atoms with Gasteiger partial charge in [-0.15, -0.1) is 0 Å². The number of piperazine rings is 1. The van der Waals surface area contributed by atoms with E-state index < -0.39 is 5.60 Å². The Hall–Kier alpha value is -3.31. The summed E-state index contributed by atoms with van der Waals surface area (Å²) < 4.78 is 5.54. The highest BCUT2D eigenvalue weighted by molar-refractivity contribution is 6.34. The van der Waals surface area contributed by atoms with Crippen LogP contribution >= 0.6 is 11.6 Å². The fourth-order valence-electron chi connectivity index (χ4n) is 4.51. The van der Waals surface area contributed by atoms with E-state index in [1.165, 1.54) is 4.90 Å². The van der Waals surface area contributed by atoms with Crippen LogP contribution in [0.1, 0.15) is 43.1 Å². The third-order valence-electron chi connectivity index (χ3n) is 6.07. The Kier molecular flexibility index (Phi) is 6.17. The molecule has 4 rings (SSSR count). The molecule has 2 bridgehead atoms. The van der Waals surface area contributed by atoms with Crippen molar-refractivity contribution in [2.75, 3.05) is 32.1 Å². The van der Waals surface area contributed by atoms with Crippen molar-refractivity contribution in [2.24, 2.45) is 0 Å². The summed E-state index contributed by atoms with van der Waals surface area (Å²) in [5.41, 5.74) is 1.85. The predicted molar refractivity (Wildman–Crippen MR) is 130 cm³/mol. The number of aromatic nitrogens is 1. The average Bonchev–Trinajstić information content (AvgIpc) is 3.38. The molecule has 178 valence electrons. The van der Waals surface area contributed by atoms with E-state index in [9.17, 15) is 14.9 Å². The Morgan fingerprint density at radius 3 is 2.47 bits per heavy atom. The Morgan fingerprint density at radius 1 is 1.18 bits per heavy atom. The van der Waals surface area contributed by atoms with Crippen LogP contribution in [0.3, 0.4) is 0 Å². The molecule has 2 fully saturated rings. The zero-order valence-corrected chi connectivity index (χ0v) is 20.8. The smallest absolute Gasteiger partial charge is 0.410 e. The number of benzene rings is 1. The van der Waals surface area contributed by atoms with E-state index in [-0.39, 0.29) is 24.1 Å². The highest BCUT2D eigenvalue weighted by Crippen LogP contribution is 2.37. The number of amides is 2. The van der Waals surface area contributed by atoms with E-state index in [1.54, 1.807) is 49.5 Å². The lowest BCUT2D eigenvalue weighted by Crippen LogP contribution is -2.50. The number of carbonyl (C=O) groups excluding carboxylic acids is 2. The molecule has 8 nitrogen and oxygen atoms in total. The molecule has 1 aromatic carbocycles. The van der Waals surface area contributed by atoms with Gasteiger partial charge < -0.3 is 19.4 Å². The van der Waals surface area contributed by atoms with Crippen LogP contribution in [0.5, 0.6) is 0 Å². The molecule has 0 radical (unpaired) electrons. The van der Waals surface area contributed by atoms with Gasteiger partial charge in [-0.3, -0.25) is 4.79 Å². The number of halogens is 1. The van der Waals surface area contributed by atoms with Crippen LogP contribution in [0.25, 0.3) is 11.1 Å². The maximum atomic E-state index is 12.5. The van der Waals surface area contributed by atoms with Gasteiger partial charge >= 0.3 is 6.09 Å². The largest absolute Gasteiger partial charge is 0.444 e. The molecule has 2 aliphatic rings. The summed E-state index contributed by atoms with van der Waals surface area (Å²) in [6.45, 7) is 6.73. The second kappa shape index (κ2) is 8.80. The van der Waals surface area contributed by atoms with Crippen molar-refractivity contribution in [3.63, 3.8) is 0 Å². The predicted octanol–water partition coefficient (Wildman–Crippen LogP) is 4.17. The Balaban J connectivity index is 1.54. The van der Waals surface area contributed by atoms with Crippen LogP contribution in [0, 0.1) is 11.3 Å². The highest BCUT2D eigenvalue weighted by Gasteiger charge is 2.47. The fourth-order valence-corrected chi connectivity index (χ4v) is 4.77. The lowest BCUT2D eigenvalue weighted by Gasteiger charge is -2.36. The van der Waals surface area contributed by atoms with Gasteiger partial charge in [-0.05, 0) is 51.0 Å². The fraction of sp³-hybridized carbons (Fsp3) is 0.440. The van der Waals surface area contributed by atoms with Crippen molar-refractivity contribution in [1.82, 2.24) is 14.8 Å². The molecule has 2 aliphatic heterocycles. The molecule has 2 amide bonds. The molecule has 2 aromatic rings. The molecular weight excluding hydrogens is 454 g/mol. The van der Waals surface area contributed by atoms with Crippen LogP contribution in [-0.4, -0.2) is 71.7 Å². The van der Waals surface area contributed by atoms with Crippen molar-refractivity contribution in [3.05, 3.63) is 46.6 Å². The van der Waals surface area contributed by atoms with Gasteiger partial charge in [-0.25, -0.2) is 9.78 Å². The Morgan fingerprint density at radius 2 is 1.91 bits per heavy atom. The Labute approximate surface area is 204 Å². The molecule has 2 atom stereocenters. The first-order chi connectivity index (χ1) is 16.0. The number of carbonyl (C=O) groups is 2. The SMILES string of the molecule is CN(C)C(=O)c1ccc(-c2cnc(N3CC4CC3CN4C(=O)OC(C)(C)C)c(C#N)c2)cc1Cl. The van der Waals surface area contributed by atoms with E-state index in [0.717, 1.165) is 17.5 Å². The topological polar surface area (TPSA) is 89.8 Å². The maximum Gasteiger partial charge on any atom is 0.410 e. The normalized spacial score (nSPS) is 19.2. The Bertz CT molecular complexity index is 1180. The number of hydrogen-bond acceptors (Lipinski definition) is 6. The average molecular weight is 482 g/mol. The number of ether oxygens (including phenoxy) is 1. The second-order valence-electron chi connectivity index (χ2n) is 9.93. The molecule has 2 saturated heterocycles. The van der Waals surface area contributed by atoms with E-state index in [1.807, 2.05) is 20.8 Å². The van der Waals surface area contributed by atoms with Crippen molar-refractivity contribution in [3.8, 4) is 17.2 Å².